The van der Waals surface area contributed by atoms with E-state index in [0.717, 1.165) is 5.56 Å². The van der Waals surface area contributed by atoms with Crippen molar-refractivity contribution in [2.45, 2.75) is 17.4 Å². The Morgan fingerprint density at radius 1 is 1.38 bits per heavy atom. The molecule has 0 spiro atoms. The van der Waals surface area contributed by atoms with Crippen molar-refractivity contribution in [3.63, 3.8) is 0 Å². The second-order valence-corrected chi connectivity index (χ2v) is 5.03. The molecule has 2 unspecified atom stereocenters. The fourth-order valence-corrected chi connectivity index (χ4v) is 2.70. The first-order valence-corrected chi connectivity index (χ1v) is 6.37. The summed E-state index contributed by atoms with van der Waals surface area (Å²) in [5, 5.41) is 8.03. The molecule has 0 aromatic heterocycles. The molecule has 0 heterocycles. The van der Waals surface area contributed by atoms with Crippen molar-refractivity contribution in [2.75, 3.05) is 6.54 Å². The molecule has 4 nitrogen and oxygen atoms in total. The van der Waals surface area contributed by atoms with E-state index in [0.29, 0.717) is 0 Å². The van der Waals surface area contributed by atoms with E-state index in [4.69, 9.17) is 10.8 Å². The van der Waals surface area contributed by atoms with Crippen LogP contribution in [-0.4, -0.2) is 27.1 Å². The second-order valence-electron chi connectivity index (χ2n) is 3.41. The quantitative estimate of drug-likeness (QED) is 0.769. The Bertz CT molecular complexity index is 367. The van der Waals surface area contributed by atoms with E-state index in [2.05, 4.69) is 0 Å². The van der Waals surface area contributed by atoms with Gasteiger partial charge in [0.05, 0.1) is 0 Å². The largest absolute Gasteiger partial charge is 0.480 e. The van der Waals surface area contributed by atoms with Crippen molar-refractivity contribution in [2.24, 2.45) is 5.73 Å². The van der Waals surface area contributed by atoms with Crippen LogP contribution in [0.15, 0.2) is 30.3 Å². The van der Waals surface area contributed by atoms with Crippen LogP contribution in [0.5, 0.6) is 0 Å². The molecule has 0 saturated heterocycles. The Morgan fingerprint density at radius 3 is 2.50 bits per heavy atom. The van der Waals surface area contributed by atoms with Crippen LogP contribution in [0.4, 0.5) is 0 Å². The monoisotopic (exact) mass is 241 g/mol. The lowest BCUT2D eigenvalue weighted by molar-refractivity contribution is -0.136. The van der Waals surface area contributed by atoms with Crippen LogP contribution in [0.25, 0.3) is 0 Å². The molecule has 1 aromatic carbocycles. The summed E-state index contributed by atoms with van der Waals surface area (Å²) in [7, 11) is -1.42. The van der Waals surface area contributed by atoms with Gasteiger partial charge in [0.25, 0.3) is 0 Å². The summed E-state index contributed by atoms with van der Waals surface area (Å²) in [6.45, 7) is 0.234. The van der Waals surface area contributed by atoms with E-state index in [1.807, 2.05) is 30.3 Å². The lowest BCUT2D eigenvalue weighted by Gasteiger charge is -2.10. The van der Waals surface area contributed by atoms with Gasteiger partial charge in [-0.1, -0.05) is 30.3 Å². The van der Waals surface area contributed by atoms with Gasteiger partial charge in [0.1, 0.15) is 5.25 Å². The van der Waals surface area contributed by atoms with Crippen LogP contribution in [0.2, 0.25) is 0 Å². The molecule has 0 aliphatic heterocycles. The third-order valence-corrected chi connectivity index (χ3v) is 3.86. The molecule has 0 amide bonds. The third-order valence-electron chi connectivity index (χ3n) is 2.17. The molecule has 1 rings (SSSR count). The van der Waals surface area contributed by atoms with E-state index in [-0.39, 0.29) is 18.7 Å². The molecule has 0 fully saturated rings. The van der Waals surface area contributed by atoms with Crippen molar-refractivity contribution in [1.82, 2.24) is 0 Å². The topological polar surface area (TPSA) is 80.4 Å². The Kier molecular flexibility index (Phi) is 5.14. The predicted octanol–water partition coefficient (Wildman–Crippen LogP) is 0.737. The number of carbonyl (C=O) groups is 1. The van der Waals surface area contributed by atoms with Crippen molar-refractivity contribution >= 4 is 16.8 Å². The molecule has 3 N–H and O–H groups in total. The fourth-order valence-electron chi connectivity index (χ4n) is 1.36. The Morgan fingerprint density at radius 2 is 2.00 bits per heavy atom. The van der Waals surface area contributed by atoms with Crippen molar-refractivity contribution in [1.29, 1.82) is 0 Å². The van der Waals surface area contributed by atoms with Gasteiger partial charge in [-0.15, -0.1) is 0 Å². The number of carboxylic acid groups (broad SMARTS) is 1. The van der Waals surface area contributed by atoms with Crippen LogP contribution in [0, 0.1) is 0 Å². The summed E-state index contributed by atoms with van der Waals surface area (Å²) in [4.78, 5) is 10.9. The molecular formula is C11H15NO3S. The van der Waals surface area contributed by atoms with E-state index in [9.17, 15) is 9.00 Å². The summed E-state index contributed by atoms with van der Waals surface area (Å²) in [6, 6.07) is 9.20. The number of hydrogen-bond acceptors (Lipinski definition) is 3. The van der Waals surface area contributed by atoms with Crippen LogP contribution < -0.4 is 5.73 Å². The fraction of sp³-hybridized carbons (Fsp3) is 0.364. The summed E-state index contributed by atoms with van der Waals surface area (Å²) >= 11 is 0. The molecule has 1 aromatic rings. The maximum absolute atomic E-state index is 11.8. The van der Waals surface area contributed by atoms with Gasteiger partial charge in [-0.3, -0.25) is 9.00 Å². The number of rotatable bonds is 6. The van der Waals surface area contributed by atoms with Gasteiger partial charge < -0.3 is 10.8 Å². The van der Waals surface area contributed by atoms with Crippen molar-refractivity contribution in [3.05, 3.63) is 35.9 Å². The highest BCUT2D eigenvalue weighted by Crippen LogP contribution is 2.09. The minimum absolute atomic E-state index is 0.234. The summed E-state index contributed by atoms with van der Waals surface area (Å²) in [5.41, 5.74) is 6.18. The number of carboxylic acids is 1. The number of benzene rings is 1. The van der Waals surface area contributed by atoms with Gasteiger partial charge in [-0.2, -0.15) is 0 Å². The molecule has 0 saturated carbocycles. The molecule has 16 heavy (non-hydrogen) atoms. The van der Waals surface area contributed by atoms with E-state index >= 15 is 0 Å². The molecule has 0 aliphatic carbocycles. The molecule has 0 aliphatic rings. The Balaban J connectivity index is 2.66. The highest BCUT2D eigenvalue weighted by Gasteiger charge is 2.23. The van der Waals surface area contributed by atoms with Gasteiger partial charge in [-0.05, 0) is 18.5 Å². The minimum atomic E-state index is -1.42. The minimum Gasteiger partial charge on any atom is -0.480 e. The summed E-state index contributed by atoms with van der Waals surface area (Å²) < 4.78 is 11.8. The van der Waals surface area contributed by atoms with Gasteiger partial charge in [0.2, 0.25) is 0 Å². The molecule has 2 atom stereocenters. The molecular weight excluding hydrogens is 226 g/mol. The maximum atomic E-state index is 11.8. The average Bonchev–Trinajstić information content (AvgIpc) is 2.26. The second kappa shape index (κ2) is 6.40. The smallest absolute Gasteiger partial charge is 0.319 e. The first kappa shape index (κ1) is 12.9. The number of nitrogens with two attached hydrogens (primary N) is 1. The first-order valence-electron chi connectivity index (χ1n) is 4.99. The molecule has 0 bridgehead atoms. The van der Waals surface area contributed by atoms with E-state index in [1.54, 1.807) is 0 Å². The van der Waals surface area contributed by atoms with Crippen molar-refractivity contribution in [3.8, 4) is 0 Å². The normalized spacial score (nSPS) is 14.3. The lowest BCUT2D eigenvalue weighted by Crippen LogP contribution is -2.29. The summed E-state index contributed by atoms with van der Waals surface area (Å²) in [6.07, 6.45) is 0.245. The van der Waals surface area contributed by atoms with E-state index < -0.39 is 22.0 Å². The SMILES string of the molecule is NCCC(C(=O)O)S(=O)Cc1ccccc1. The Labute approximate surface area is 96.9 Å². The van der Waals surface area contributed by atoms with E-state index in [1.165, 1.54) is 0 Å². The van der Waals surface area contributed by atoms with Crippen molar-refractivity contribution < 1.29 is 14.1 Å². The molecule has 0 radical (unpaired) electrons. The highest BCUT2D eigenvalue weighted by atomic mass is 32.2. The van der Waals surface area contributed by atoms with Crippen LogP contribution in [-0.2, 0) is 21.3 Å². The first-order chi connectivity index (χ1) is 7.65. The van der Waals surface area contributed by atoms with Gasteiger partial charge in [0.15, 0.2) is 0 Å². The Hall–Kier alpha value is -1.20. The zero-order valence-corrected chi connectivity index (χ0v) is 9.65. The molecule has 88 valence electrons. The van der Waals surface area contributed by atoms with Crippen LogP contribution in [0.1, 0.15) is 12.0 Å². The van der Waals surface area contributed by atoms with Crippen LogP contribution in [0.3, 0.4) is 0 Å². The number of hydrogen-bond donors (Lipinski definition) is 2. The zero-order chi connectivity index (χ0) is 12.0. The average molecular weight is 241 g/mol. The summed E-state index contributed by atoms with van der Waals surface area (Å²) in [5.74, 6) is -0.780. The third kappa shape index (κ3) is 3.75. The number of aliphatic carboxylic acids is 1. The molecule has 5 heteroatoms. The van der Waals surface area contributed by atoms with Gasteiger partial charge in [-0.25, -0.2) is 0 Å². The lowest BCUT2D eigenvalue weighted by atomic mass is 10.2. The van der Waals surface area contributed by atoms with Crippen LogP contribution >= 0.6 is 0 Å². The standard InChI is InChI=1S/C11H15NO3S/c12-7-6-10(11(13)14)16(15)8-9-4-2-1-3-5-9/h1-5,10H,6-8,12H2,(H,13,14). The highest BCUT2D eigenvalue weighted by molar-refractivity contribution is 7.85. The zero-order valence-electron chi connectivity index (χ0n) is 8.83. The maximum Gasteiger partial charge on any atom is 0.319 e. The van der Waals surface area contributed by atoms with Gasteiger partial charge >= 0.3 is 5.97 Å². The van der Waals surface area contributed by atoms with Gasteiger partial charge in [0, 0.05) is 16.6 Å². The predicted molar refractivity (Wildman–Crippen MR) is 63.4 cm³/mol.